The average Bonchev–Trinajstić information content (AvgIpc) is 2.82. The van der Waals surface area contributed by atoms with E-state index in [1.165, 1.54) is 0 Å². The van der Waals surface area contributed by atoms with Crippen LogP contribution in [0.1, 0.15) is 33.6 Å². The van der Waals surface area contributed by atoms with Gasteiger partial charge in [0.2, 0.25) is 5.95 Å². The first kappa shape index (κ1) is 31.6. The van der Waals surface area contributed by atoms with Crippen LogP contribution < -0.4 is 14.5 Å². The number of benzene rings is 1. The Labute approximate surface area is 266 Å². The number of rotatable bonds is 6. The van der Waals surface area contributed by atoms with Crippen LogP contribution in [0.4, 0.5) is 29.7 Å². The molecular weight excluding hydrogens is 732 g/mol. The fourth-order valence-electron chi connectivity index (χ4n) is 5.92. The third-order valence-corrected chi connectivity index (χ3v) is 10.3. The van der Waals surface area contributed by atoms with Crippen molar-refractivity contribution in [3.63, 3.8) is 0 Å². The molecule has 1 aromatic carbocycles. The van der Waals surface area contributed by atoms with E-state index in [1.807, 2.05) is 40.9 Å². The number of likely N-dealkylation sites (tertiary alicyclic amines) is 1. The number of hydrogen-bond acceptors (Lipinski definition) is 8. The zero-order chi connectivity index (χ0) is 30.6. The molecule has 3 aliphatic heterocycles. The van der Waals surface area contributed by atoms with Crippen LogP contribution in [0.15, 0.2) is 10.5 Å². The van der Waals surface area contributed by atoms with Gasteiger partial charge in [0, 0.05) is 66.1 Å². The van der Waals surface area contributed by atoms with E-state index in [-0.39, 0.29) is 17.3 Å². The molecule has 2 aromatic rings. The number of alkyl halides is 3. The minimum absolute atomic E-state index is 0.0361. The molecule has 0 radical (unpaired) electrons. The van der Waals surface area contributed by atoms with Crippen molar-refractivity contribution in [1.29, 1.82) is 0 Å². The number of nitrogens with zero attached hydrogens (tertiary/aromatic N) is 6. The highest BCUT2D eigenvalue weighted by Gasteiger charge is 2.48. The maximum Gasteiger partial charge on any atom is 0.422 e. The van der Waals surface area contributed by atoms with Gasteiger partial charge in [-0.15, -0.1) is 0 Å². The van der Waals surface area contributed by atoms with Crippen molar-refractivity contribution in [3.05, 3.63) is 14.1 Å². The molecule has 0 atom stereocenters. The van der Waals surface area contributed by atoms with Crippen molar-refractivity contribution < 1.29 is 27.4 Å². The van der Waals surface area contributed by atoms with Crippen LogP contribution in [-0.4, -0.2) is 104 Å². The lowest BCUT2D eigenvalue weighted by molar-refractivity contribution is -0.153. The zero-order valence-electron chi connectivity index (χ0n) is 24.5. The van der Waals surface area contributed by atoms with Crippen LogP contribution >= 0.6 is 38.5 Å². The molecule has 14 heteroatoms. The Balaban J connectivity index is 1.41. The number of aromatic nitrogens is 2. The van der Waals surface area contributed by atoms with E-state index in [0.29, 0.717) is 62.8 Å². The predicted molar refractivity (Wildman–Crippen MR) is 167 cm³/mol. The topological polar surface area (TPSA) is 74.3 Å². The Kier molecular flexibility index (Phi) is 8.73. The normalized spacial score (nSPS) is 19.4. The highest BCUT2D eigenvalue weighted by atomic mass is 127. The van der Waals surface area contributed by atoms with Crippen LogP contribution in [0.5, 0.6) is 5.75 Å². The largest absolute Gasteiger partial charge is 0.481 e. The first-order chi connectivity index (χ1) is 19.5. The van der Waals surface area contributed by atoms with Gasteiger partial charge in [-0.3, -0.25) is 0 Å². The van der Waals surface area contributed by atoms with Crippen molar-refractivity contribution >= 4 is 67.3 Å². The maximum absolute atomic E-state index is 13.2. The molecule has 42 heavy (non-hydrogen) atoms. The summed E-state index contributed by atoms with van der Waals surface area (Å²) in [6.07, 6.45) is -3.03. The molecule has 3 aliphatic rings. The van der Waals surface area contributed by atoms with E-state index in [0.717, 1.165) is 32.5 Å². The Morgan fingerprint density at radius 2 is 1.79 bits per heavy atom. The minimum Gasteiger partial charge on any atom is -0.481 e. The smallest absolute Gasteiger partial charge is 0.422 e. The number of anilines is 2. The molecule has 1 aromatic heterocycles. The lowest BCUT2D eigenvalue weighted by atomic mass is 9.72. The molecule has 232 valence electrons. The highest BCUT2D eigenvalue weighted by Crippen LogP contribution is 2.45. The molecule has 5 rings (SSSR count). The Bertz CT molecular complexity index is 1330. The number of ether oxygens (including phenoxy) is 2. The van der Waals surface area contributed by atoms with Gasteiger partial charge in [0.15, 0.2) is 12.4 Å². The van der Waals surface area contributed by atoms with Crippen molar-refractivity contribution in [2.45, 2.75) is 45.4 Å². The van der Waals surface area contributed by atoms with E-state index in [9.17, 15) is 18.0 Å². The summed E-state index contributed by atoms with van der Waals surface area (Å²) >= 11 is 5.54. The predicted octanol–water partition coefficient (Wildman–Crippen LogP) is 5.77. The van der Waals surface area contributed by atoms with Gasteiger partial charge in [-0.25, -0.2) is 9.78 Å². The number of piperidine rings is 1. The summed E-state index contributed by atoms with van der Waals surface area (Å²) in [7, 11) is 4.07. The van der Waals surface area contributed by atoms with E-state index in [1.54, 1.807) is 4.90 Å². The van der Waals surface area contributed by atoms with Crippen LogP contribution in [0.25, 0.3) is 10.9 Å². The Morgan fingerprint density at radius 3 is 2.36 bits per heavy atom. The third-order valence-electron chi connectivity index (χ3n) is 7.88. The van der Waals surface area contributed by atoms with Gasteiger partial charge in [-0.2, -0.15) is 18.2 Å². The van der Waals surface area contributed by atoms with Gasteiger partial charge in [-0.1, -0.05) is 0 Å². The monoisotopic (exact) mass is 768 g/mol. The molecule has 1 amide bonds. The van der Waals surface area contributed by atoms with E-state index < -0.39 is 18.4 Å². The zero-order valence-corrected chi connectivity index (χ0v) is 28.3. The summed E-state index contributed by atoms with van der Waals surface area (Å²) < 4.78 is 51.7. The van der Waals surface area contributed by atoms with Crippen LogP contribution in [0.2, 0.25) is 0 Å². The summed E-state index contributed by atoms with van der Waals surface area (Å²) in [4.78, 5) is 30.5. The van der Waals surface area contributed by atoms with Crippen LogP contribution in [-0.2, 0) is 4.74 Å². The first-order valence-electron chi connectivity index (χ1n) is 14.0. The molecular formula is C28H37BrF3IN6O3. The fourth-order valence-corrected chi connectivity index (χ4v) is 6.89. The van der Waals surface area contributed by atoms with Gasteiger partial charge >= 0.3 is 12.3 Å². The lowest BCUT2D eigenvalue weighted by Gasteiger charge is -2.53. The number of hydrogen-bond donors (Lipinski definition) is 0. The summed E-state index contributed by atoms with van der Waals surface area (Å²) in [6, 6.07) is 1.91. The Hall–Kier alpha value is -1.81. The molecule has 9 nitrogen and oxygen atoms in total. The quantitative estimate of drug-likeness (QED) is 0.343. The summed E-state index contributed by atoms with van der Waals surface area (Å²) in [5.41, 5.74) is -0.135. The second-order valence-electron chi connectivity index (χ2n) is 13.0. The first-order valence-corrected chi connectivity index (χ1v) is 15.9. The fraction of sp³-hybridized carbons (Fsp3) is 0.679. The molecule has 3 saturated heterocycles. The van der Waals surface area contributed by atoms with E-state index >= 15 is 0 Å². The molecule has 4 heterocycles. The number of halogens is 5. The summed E-state index contributed by atoms with van der Waals surface area (Å²) in [5.74, 6) is 1.74. The molecule has 0 N–H and O–H groups in total. The van der Waals surface area contributed by atoms with Gasteiger partial charge in [0.1, 0.15) is 16.9 Å². The molecule has 0 saturated carbocycles. The number of fused-ring (bicyclic) bond motifs is 1. The summed E-state index contributed by atoms with van der Waals surface area (Å²) in [5, 5.41) is 0.661. The van der Waals surface area contributed by atoms with Crippen molar-refractivity contribution in [2.24, 2.45) is 11.3 Å². The second-order valence-corrected chi connectivity index (χ2v) is 15.0. The molecule has 0 bridgehead atoms. The minimum atomic E-state index is -4.49. The maximum atomic E-state index is 13.2. The highest BCUT2D eigenvalue weighted by molar-refractivity contribution is 14.1. The lowest BCUT2D eigenvalue weighted by Crippen LogP contribution is -2.62. The second kappa shape index (κ2) is 11.6. The van der Waals surface area contributed by atoms with Crippen LogP contribution in [0, 0.1) is 14.9 Å². The van der Waals surface area contributed by atoms with Crippen LogP contribution in [0.3, 0.4) is 0 Å². The third kappa shape index (κ3) is 6.95. The van der Waals surface area contributed by atoms with Crippen molar-refractivity contribution in [1.82, 2.24) is 19.8 Å². The molecule has 1 spiro atoms. The van der Waals surface area contributed by atoms with E-state index in [2.05, 4.69) is 53.2 Å². The number of amides is 1. The van der Waals surface area contributed by atoms with Crippen molar-refractivity contribution in [3.8, 4) is 5.75 Å². The van der Waals surface area contributed by atoms with Gasteiger partial charge in [0.05, 0.1) is 4.47 Å². The van der Waals surface area contributed by atoms with Gasteiger partial charge in [-0.05, 0) is 92.3 Å². The number of carbonyl (C=O) groups is 1. The van der Waals surface area contributed by atoms with Gasteiger partial charge < -0.3 is 29.1 Å². The Morgan fingerprint density at radius 1 is 1.14 bits per heavy atom. The van der Waals surface area contributed by atoms with Gasteiger partial charge in [0.25, 0.3) is 0 Å². The average molecular weight is 769 g/mol. The number of carbonyl (C=O) groups excluding carboxylic acids is 1. The molecule has 0 aliphatic carbocycles. The molecule has 0 unspecified atom stereocenters. The summed E-state index contributed by atoms with van der Waals surface area (Å²) in [6.45, 7) is 9.40. The molecule has 3 fully saturated rings. The van der Waals surface area contributed by atoms with E-state index in [4.69, 9.17) is 19.4 Å². The SMILES string of the molecule is CN(C)CC1CN(c2nc(N3CCC4(CC3)CN(C(=O)OC(C)(C)C)C4)c3cc(I)c(Br)c(OCC(F)(F)F)c3n2)C1. The standard InChI is InChI=1S/C28H37BrF3IN6O3/c1-26(2,3)42-25(40)39-14-27(15-39)6-8-37(9-7-27)23-18-10-19(33)20(29)22(41-16-28(30,31)32)21(18)34-24(35-23)38-12-17(13-38)11-36(4)5/h10,17H,6-9,11-16H2,1-5H3. The van der Waals surface area contributed by atoms with Crippen molar-refractivity contribution in [2.75, 3.05) is 76.3 Å².